The molecule has 4 rings (SSSR count). The SMILES string of the molecule is CCOc1cccc(CN2CCC([C@]3(Cc4ccccc4F)NC(=O)NC3=O)CC2)c1O. The number of phenols is 1. The molecule has 3 amide bonds. The number of nitrogens with zero attached hydrogens (tertiary/aromatic N) is 1. The average Bonchev–Trinajstić information content (AvgIpc) is 3.07. The van der Waals surface area contributed by atoms with Crippen molar-refractivity contribution >= 4 is 11.9 Å². The van der Waals surface area contributed by atoms with E-state index in [2.05, 4.69) is 15.5 Å². The summed E-state index contributed by atoms with van der Waals surface area (Å²) in [4.78, 5) is 27.1. The Bertz CT molecular complexity index is 1010. The highest BCUT2D eigenvalue weighted by molar-refractivity contribution is 6.07. The quantitative estimate of drug-likeness (QED) is 0.575. The summed E-state index contributed by atoms with van der Waals surface area (Å²) in [6.45, 7) is 4.26. The number of aromatic hydroxyl groups is 1. The zero-order valence-corrected chi connectivity index (χ0v) is 18.1. The Morgan fingerprint density at radius 3 is 2.50 bits per heavy atom. The maximum atomic E-state index is 14.3. The average molecular weight is 442 g/mol. The summed E-state index contributed by atoms with van der Waals surface area (Å²) in [5.74, 6) is -0.300. The van der Waals surface area contributed by atoms with E-state index in [0.717, 1.165) is 5.56 Å². The summed E-state index contributed by atoms with van der Waals surface area (Å²) in [6, 6.07) is 11.3. The number of urea groups is 1. The van der Waals surface area contributed by atoms with Gasteiger partial charge < -0.3 is 15.2 Å². The van der Waals surface area contributed by atoms with E-state index < -0.39 is 17.5 Å². The molecule has 2 aliphatic heterocycles. The number of halogens is 1. The highest BCUT2D eigenvalue weighted by Gasteiger charge is 2.52. The number of benzene rings is 2. The second-order valence-electron chi connectivity index (χ2n) is 8.40. The van der Waals surface area contributed by atoms with Gasteiger partial charge in [0.15, 0.2) is 11.5 Å². The van der Waals surface area contributed by atoms with Gasteiger partial charge in [0.2, 0.25) is 0 Å². The Morgan fingerprint density at radius 2 is 1.84 bits per heavy atom. The smallest absolute Gasteiger partial charge is 0.322 e. The molecule has 0 bridgehead atoms. The number of carbonyl (C=O) groups excluding carboxylic acids is 2. The van der Waals surface area contributed by atoms with Crippen LogP contribution in [0.3, 0.4) is 0 Å². The molecule has 0 radical (unpaired) electrons. The van der Waals surface area contributed by atoms with E-state index in [4.69, 9.17) is 4.74 Å². The number of rotatable bonds is 7. The summed E-state index contributed by atoms with van der Waals surface area (Å²) in [5, 5.41) is 15.6. The van der Waals surface area contributed by atoms with Crippen LogP contribution >= 0.6 is 0 Å². The van der Waals surface area contributed by atoms with Gasteiger partial charge in [0, 0.05) is 18.5 Å². The van der Waals surface area contributed by atoms with E-state index >= 15 is 0 Å². The molecule has 2 aromatic rings. The second kappa shape index (κ2) is 9.16. The van der Waals surface area contributed by atoms with Gasteiger partial charge in [-0.2, -0.15) is 0 Å². The largest absolute Gasteiger partial charge is 0.504 e. The highest BCUT2D eigenvalue weighted by atomic mass is 19.1. The van der Waals surface area contributed by atoms with Crippen molar-refractivity contribution in [1.82, 2.24) is 15.5 Å². The van der Waals surface area contributed by atoms with Crippen molar-refractivity contribution in [1.29, 1.82) is 0 Å². The topological polar surface area (TPSA) is 90.9 Å². The van der Waals surface area contributed by atoms with Gasteiger partial charge in [0.25, 0.3) is 5.91 Å². The first-order valence-electron chi connectivity index (χ1n) is 11.0. The number of imide groups is 1. The Balaban J connectivity index is 1.48. The van der Waals surface area contributed by atoms with Crippen LogP contribution in [-0.4, -0.2) is 47.2 Å². The van der Waals surface area contributed by atoms with Crippen LogP contribution < -0.4 is 15.4 Å². The molecule has 0 saturated carbocycles. The van der Waals surface area contributed by atoms with E-state index in [-0.39, 0.29) is 23.9 Å². The summed E-state index contributed by atoms with van der Waals surface area (Å²) >= 11 is 0. The van der Waals surface area contributed by atoms with E-state index in [0.29, 0.717) is 50.4 Å². The van der Waals surface area contributed by atoms with Crippen LogP contribution in [-0.2, 0) is 17.8 Å². The molecule has 2 aliphatic rings. The van der Waals surface area contributed by atoms with E-state index in [9.17, 15) is 19.1 Å². The number of phenolic OH excluding ortho intramolecular Hbond substituents is 1. The fourth-order valence-corrected chi connectivity index (χ4v) is 4.80. The molecule has 170 valence electrons. The van der Waals surface area contributed by atoms with Crippen LogP contribution in [0.15, 0.2) is 42.5 Å². The third kappa shape index (κ3) is 4.27. The van der Waals surface area contributed by atoms with Crippen LogP contribution in [0.1, 0.15) is 30.9 Å². The van der Waals surface area contributed by atoms with Crippen molar-refractivity contribution in [2.24, 2.45) is 5.92 Å². The van der Waals surface area contributed by atoms with Crippen molar-refractivity contribution in [2.45, 2.75) is 38.3 Å². The Morgan fingerprint density at radius 1 is 1.12 bits per heavy atom. The zero-order chi connectivity index (χ0) is 22.7. The fraction of sp³-hybridized carbons (Fsp3) is 0.417. The minimum atomic E-state index is -1.16. The lowest BCUT2D eigenvalue weighted by atomic mass is 9.74. The number of piperidine rings is 1. The highest BCUT2D eigenvalue weighted by Crippen LogP contribution is 2.36. The lowest BCUT2D eigenvalue weighted by Crippen LogP contribution is -2.57. The Kier molecular flexibility index (Phi) is 6.32. The summed E-state index contributed by atoms with van der Waals surface area (Å²) < 4.78 is 19.8. The third-order valence-corrected chi connectivity index (χ3v) is 6.46. The van der Waals surface area contributed by atoms with Gasteiger partial charge in [-0.15, -0.1) is 0 Å². The van der Waals surface area contributed by atoms with E-state index in [1.807, 2.05) is 19.1 Å². The molecule has 7 nitrogen and oxygen atoms in total. The number of para-hydroxylation sites is 1. The Hall–Kier alpha value is -3.13. The molecule has 0 unspecified atom stereocenters. The molecular formula is C24H28FN3O4. The number of carbonyl (C=O) groups is 2. The van der Waals surface area contributed by atoms with E-state index in [1.54, 1.807) is 24.3 Å². The first kappa shape index (κ1) is 22.1. The maximum Gasteiger partial charge on any atom is 0.322 e. The number of nitrogens with one attached hydrogen (secondary N) is 2. The lowest BCUT2D eigenvalue weighted by Gasteiger charge is -2.40. The molecule has 2 heterocycles. The second-order valence-corrected chi connectivity index (χ2v) is 8.40. The molecule has 1 atom stereocenters. The van der Waals surface area contributed by atoms with Crippen molar-refractivity contribution in [3.05, 3.63) is 59.4 Å². The molecule has 0 aromatic heterocycles. The number of hydrogen-bond donors (Lipinski definition) is 3. The molecule has 8 heteroatoms. The normalized spacial score (nSPS) is 21.9. The number of amides is 3. The van der Waals surface area contributed by atoms with Gasteiger partial charge in [0.05, 0.1) is 6.61 Å². The summed E-state index contributed by atoms with van der Waals surface area (Å²) in [5.41, 5.74) is 0.0230. The van der Waals surface area contributed by atoms with Crippen LogP contribution in [0.5, 0.6) is 11.5 Å². The predicted molar refractivity (Wildman–Crippen MR) is 117 cm³/mol. The fourth-order valence-electron chi connectivity index (χ4n) is 4.80. The molecule has 2 aromatic carbocycles. The van der Waals surface area contributed by atoms with Crippen LogP contribution in [0.4, 0.5) is 9.18 Å². The van der Waals surface area contributed by atoms with Crippen LogP contribution in [0, 0.1) is 11.7 Å². The number of likely N-dealkylation sites (tertiary alicyclic amines) is 1. The molecule has 0 spiro atoms. The van der Waals surface area contributed by atoms with Crippen molar-refractivity contribution in [3.63, 3.8) is 0 Å². The van der Waals surface area contributed by atoms with Crippen molar-refractivity contribution in [2.75, 3.05) is 19.7 Å². The van der Waals surface area contributed by atoms with Gasteiger partial charge >= 0.3 is 6.03 Å². The predicted octanol–water partition coefficient (Wildman–Crippen LogP) is 2.96. The standard InChI is InChI=1S/C24H28FN3O4/c1-2-32-20-9-5-7-17(21(20)29)15-28-12-10-18(11-13-28)24(22(30)26-23(31)27-24)14-16-6-3-4-8-19(16)25/h3-9,18,29H,2,10-15H2,1H3,(H2,26,27,30,31)/t24-/m0/s1. The molecule has 32 heavy (non-hydrogen) atoms. The molecular weight excluding hydrogens is 413 g/mol. The van der Waals surface area contributed by atoms with Gasteiger partial charge in [-0.05, 0) is 56.5 Å². The molecule has 0 aliphatic carbocycles. The number of ether oxygens (including phenoxy) is 1. The van der Waals surface area contributed by atoms with Gasteiger partial charge in [-0.3, -0.25) is 15.0 Å². The van der Waals surface area contributed by atoms with Gasteiger partial charge in [0.1, 0.15) is 11.4 Å². The van der Waals surface area contributed by atoms with E-state index in [1.165, 1.54) is 6.07 Å². The van der Waals surface area contributed by atoms with Crippen LogP contribution in [0.25, 0.3) is 0 Å². The van der Waals surface area contributed by atoms with Gasteiger partial charge in [-0.25, -0.2) is 9.18 Å². The number of hydrogen-bond acceptors (Lipinski definition) is 5. The van der Waals surface area contributed by atoms with Crippen molar-refractivity contribution in [3.8, 4) is 11.5 Å². The molecule has 2 fully saturated rings. The monoisotopic (exact) mass is 441 g/mol. The first-order chi connectivity index (χ1) is 15.4. The Labute approximate surface area is 186 Å². The molecule has 3 N–H and O–H groups in total. The van der Waals surface area contributed by atoms with Crippen LogP contribution in [0.2, 0.25) is 0 Å². The van der Waals surface area contributed by atoms with Gasteiger partial charge in [-0.1, -0.05) is 30.3 Å². The summed E-state index contributed by atoms with van der Waals surface area (Å²) in [7, 11) is 0. The lowest BCUT2D eigenvalue weighted by molar-refractivity contribution is -0.126. The molecule has 2 saturated heterocycles. The first-order valence-corrected chi connectivity index (χ1v) is 11.0. The summed E-state index contributed by atoms with van der Waals surface area (Å²) in [6.07, 6.45) is 1.43. The maximum absolute atomic E-state index is 14.3. The minimum absolute atomic E-state index is 0.110. The minimum Gasteiger partial charge on any atom is -0.504 e. The van der Waals surface area contributed by atoms with Crippen molar-refractivity contribution < 1.29 is 23.8 Å². The third-order valence-electron chi connectivity index (χ3n) is 6.46. The zero-order valence-electron chi connectivity index (χ0n) is 18.1.